The highest BCUT2D eigenvalue weighted by Gasteiger charge is 2.12. The zero-order valence-electron chi connectivity index (χ0n) is 11.3. The Morgan fingerprint density at radius 1 is 1.48 bits per heavy atom. The van der Waals surface area contributed by atoms with Gasteiger partial charge in [-0.15, -0.1) is 10.1 Å². The van der Waals surface area contributed by atoms with Crippen molar-refractivity contribution in [1.82, 2.24) is 14.8 Å². The predicted molar refractivity (Wildman–Crippen MR) is 74.6 cm³/mol. The summed E-state index contributed by atoms with van der Waals surface area (Å²) in [4.78, 5) is 12.3. The number of hydrogen-bond acceptors (Lipinski definition) is 5. The van der Waals surface area contributed by atoms with E-state index in [4.69, 9.17) is 31.7 Å². The molecule has 0 saturated heterocycles. The van der Waals surface area contributed by atoms with Gasteiger partial charge in [0.05, 0.1) is 6.54 Å². The SMILES string of the molecule is CCOC(Cn1cncn1)c1ccc(Cl)cc1.O=[N+]([O-])O. The highest BCUT2D eigenvalue weighted by molar-refractivity contribution is 6.30. The standard InChI is InChI=1S/C12H14ClN3O.HNO3/c1-2-17-12(7-16-9-14-8-15-16)10-3-5-11(13)6-4-10;2-1(3)4/h3-6,8-9,12H,2,7H2,1H3;(H,2,3,4). The van der Waals surface area contributed by atoms with Crippen molar-refractivity contribution >= 4 is 11.6 Å². The van der Waals surface area contributed by atoms with E-state index in [1.807, 2.05) is 31.2 Å². The molecule has 1 aromatic carbocycles. The molecule has 2 aromatic rings. The molecule has 0 radical (unpaired) electrons. The van der Waals surface area contributed by atoms with Crippen LogP contribution in [0, 0.1) is 10.1 Å². The lowest BCUT2D eigenvalue weighted by Crippen LogP contribution is -2.13. The molecule has 0 saturated carbocycles. The van der Waals surface area contributed by atoms with E-state index in [0.29, 0.717) is 13.2 Å². The Balaban J connectivity index is 0.000000491. The Hall–Kier alpha value is -2.19. The molecular weight excluding hydrogens is 300 g/mol. The van der Waals surface area contributed by atoms with Crippen molar-refractivity contribution in [2.24, 2.45) is 0 Å². The van der Waals surface area contributed by atoms with Crippen LogP contribution in [0.25, 0.3) is 0 Å². The third kappa shape index (κ3) is 6.68. The summed E-state index contributed by atoms with van der Waals surface area (Å²) in [6.07, 6.45) is 3.17. The molecule has 0 bridgehead atoms. The Labute approximate surface area is 126 Å². The third-order valence-corrected chi connectivity index (χ3v) is 2.68. The number of hydrogen-bond donors (Lipinski definition) is 1. The fourth-order valence-corrected chi connectivity index (χ4v) is 1.76. The number of rotatable bonds is 5. The van der Waals surface area contributed by atoms with Gasteiger partial charge in [0.2, 0.25) is 0 Å². The molecule has 1 aromatic heterocycles. The summed E-state index contributed by atoms with van der Waals surface area (Å²) in [6.45, 7) is 3.28. The second-order valence-corrected chi connectivity index (χ2v) is 4.29. The van der Waals surface area contributed by atoms with Crippen molar-refractivity contribution in [3.05, 3.63) is 57.6 Å². The van der Waals surface area contributed by atoms with Crippen LogP contribution in [0.1, 0.15) is 18.6 Å². The average Bonchev–Trinajstić information content (AvgIpc) is 2.91. The largest absolute Gasteiger partial charge is 0.372 e. The lowest BCUT2D eigenvalue weighted by molar-refractivity contribution is -0.742. The van der Waals surface area contributed by atoms with Crippen LogP contribution >= 0.6 is 11.6 Å². The number of nitrogens with zero attached hydrogens (tertiary/aromatic N) is 4. The minimum Gasteiger partial charge on any atom is -0.372 e. The van der Waals surface area contributed by atoms with E-state index in [0.717, 1.165) is 10.6 Å². The minimum absolute atomic E-state index is 0.0287. The molecule has 0 aliphatic heterocycles. The number of halogens is 1. The van der Waals surface area contributed by atoms with E-state index in [2.05, 4.69) is 10.1 Å². The fourth-order valence-electron chi connectivity index (χ4n) is 1.63. The first-order valence-electron chi connectivity index (χ1n) is 6.05. The lowest BCUT2D eigenvalue weighted by Gasteiger charge is -2.17. The van der Waals surface area contributed by atoms with Crippen LogP contribution in [-0.4, -0.2) is 31.7 Å². The molecule has 0 fully saturated rings. The van der Waals surface area contributed by atoms with Crippen LogP contribution in [0.5, 0.6) is 0 Å². The monoisotopic (exact) mass is 314 g/mol. The molecule has 1 N–H and O–H groups in total. The van der Waals surface area contributed by atoms with Crippen molar-refractivity contribution < 1.29 is 15.0 Å². The van der Waals surface area contributed by atoms with E-state index >= 15 is 0 Å². The van der Waals surface area contributed by atoms with Crippen LogP contribution < -0.4 is 0 Å². The zero-order chi connectivity index (χ0) is 15.7. The summed E-state index contributed by atoms with van der Waals surface area (Å²) >= 11 is 5.87. The molecule has 0 amide bonds. The van der Waals surface area contributed by atoms with Crippen molar-refractivity contribution in [1.29, 1.82) is 0 Å². The van der Waals surface area contributed by atoms with Crippen LogP contribution in [0.2, 0.25) is 5.02 Å². The predicted octanol–water partition coefficient (Wildman–Crippen LogP) is 2.36. The Kier molecular flexibility index (Phi) is 7.13. The molecule has 1 heterocycles. The van der Waals surface area contributed by atoms with Crippen LogP contribution in [-0.2, 0) is 11.3 Å². The highest BCUT2D eigenvalue weighted by atomic mass is 35.5. The van der Waals surface area contributed by atoms with E-state index in [-0.39, 0.29) is 6.10 Å². The number of benzene rings is 1. The number of ether oxygens (including phenoxy) is 1. The van der Waals surface area contributed by atoms with Crippen LogP contribution in [0.4, 0.5) is 0 Å². The van der Waals surface area contributed by atoms with Crippen LogP contribution in [0.3, 0.4) is 0 Å². The first kappa shape index (κ1) is 16.9. The maximum Gasteiger partial charge on any atom is 0.291 e. The highest BCUT2D eigenvalue weighted by Crippen LogP contribution is 2.21. The van der Waals surface area contributed by atoms with Gasteiger partial charge in [-0.05, 0) is 24.6 Å². The fraction of sp³-hybridized carbons (Fsp3) is 0.333. The molecule has 8 nitrogen and oxygen atoms in total. The van der Waals surface area contributed by atoms with Gasteiger partial charge >= 0.3 is 0 Å². The maximum absolute atomic E-state index is 8.36. The first-order valence-corrected chi connectivity index (χ1v) is 6.43. The van der Waals surface area contributed by atoms with Gasteiger partial charge in [0, 0.05) is 11.6 Å². The molecule has 2 rings (SSSR count). The Bertz CT molecular complexity index is 529. The molecule has 9 heteroatoms. The Morgan fingerprint density at radius 2 is 2.10 bits per heavy atom. The molecule has 0 spiro atoms. The van der Waals surface area contributed by atoms with Gasteiger partial charge in [-0.2, -0.15) is 5.10 Å². The molecule has 114 valence electrons. The topological polar surface area (TPSA) is 103 Å². The molecular formula is C12H15ClN4O4. The lowest BCUT2D eigenvalue weighted by atomic mass is 10.1. The van der Waals surface area contributed by atoms with Crippen molar-refractivity contribution in [2.75, 3.05) is 6.61 Å². The van der Waals surface area contributed by atoms with Crippen molar-refractivity contribution in [3.63, 3.8) is 0 Å². The summed E-state index contributed by atoms with van der Waals surface area (Å²) in [7, 11) is 0. The first-order chi connectivity index (χ1) is 10.0. The normalized spacial score (nSPS) is 11.3. The smallest absolute Gasteiger partial charge is 0.291 e. The van der Waals surface area contributed by atoms with Gasteiger partial charge in [0.1, 0.15) is 18.8 Å². The minimum atomic E-state index is -1.50. The van der Waals surface area contributed by atoms with Crippen molar-refractivity contribution in [3.8, 4) is 0 Å². The van der Waals surface area contributed by atoms with Gasteiger partial charge in [0.25, 0.3) is 5.09 Å². The van der Waals surface area contributed by atoms with E-state index in [1.54, 1.807) is 11.0 Å². The Morgan fingerprint density at radius 3 is 2.57 bits per heavy atom. The van der Waals surface area contributed by atoms with E-state index < -0.39 is 5.09 Å². The zero-order valence-corrected chi connectivity index (χ0v) is 12.1. The quantitative estimate of drug-likeness (QED) is 0.671. The molecule has 1 unspecified atom stereocenters. The second kappa shape index (κ2) is 8.88. The van der Waals surface area contributed by atoms with Gasteiger partial charge in [-0.25, -0.2) is 4.98 Å². The van der Waals surface area contributed by atoms with Gasteiger partial charge in [0.15, 0.2) is 0 Å². The molecule has 1 atom stereocenters. The molecule has 0 aliphatic rings. The number of aromatic nitrogens is 3. The van der Waals surface area contributed by atoms with Gasteiger partial charge in [-0.1, -0.05) is 23.7 Å². The summed E-state index contributed by atoms with van der Waals surface area (Å²) < 4.78 is 7.47. The van der Waals surface area contributed by atoms with Gasteiger partial charge in [-0.3, -0.25) is 4.68 Å². The summed E-state index contributed by atoms with van der Waals surface area (Å²) in [5.74, 6) is 0. The van der Waals surface area contributed by atoms with Gasteiger partial charge < -0.3 is 9.94 Å². The third-order valence-electron chi connectivity index (χ3n) is 2.43. The summed E-state index contributed by atoms with van der Waals surface area (Å²) in [6, 6.07) is 7.67. The van der Waals surface area contributed by atoms with E-state index in [9.17, 15) is 0 Å². The van der Waals surface area contributed by atoms with Crippen LogP contribution in [0.15, 0.2) is 36.9 Å². The summed E-state index contributed by atoms with van der Waals surface area (Å²) in [5, 5.41) is 18.4. The van der Waals surface area contributed by atoms with Crippen molar-refractivity contribution in [2.45, 2.75) is 19.6 Å². The molecule has 0 aliphatic carbocycles. The summed E-state index contributed by atoms with van der Waals surface area (Å²) in [5.41, 5.74) is 1.09. The molecule has 21 heavy (non-hydrogen) atoms. The average molecular weight is 315 g/mol. The van der Waals surface area contributed by atoms with E-state index in [1.165, 1.54) is 6.33 Å². The maximum atomic E-state index is 8.36. The second-order valence-electron chi connectivity index (χ2n) is 3.85.